The Morgan fingerprint density at radius 1 is 1.32 bits per heavy atom. The summed E-state index contributed by atoms with van der Waals surface area (Å²) in [5.41, 5.74) is 0. The molecule has 108 valence electrons. The van der Waals surface area contributed by atoms with Crippen LogP contribution in [0, 0.1) is 0 Å². The second kappa shape index (κ2) is 6.96. The second-order valence-electron chi connectivity index (χ2n) is 4.41. The van der Waals surface area contributed by atoms with Crippen molar-refractivity contribution in [1.82, 2.24) is 15.1 Å². The molecule has 1 saturated heterocycles. The van der Waals surface area contributed by atoms with E-state index in [9.17, 15) is 14.4 Å². The van der Waals surface area contributed by atoms with E-state index < -0.39 is 18.0 Å². The molecule has 1 aliphatic rings. The highest BCUT2D eigenvalue weighted by molar-refractivity contribution is 5.87. The minimum absolute atomic E-state index is 0.0939. The van der Waals surface area contributed by atoms with E-state index in [4.69, 9.17) is 5.11 Å². The third-order valence-electron chi connectivity index (χ3n) is 3.31. The zero-order valence-electron chi connectivity index (χ0n) is 11.4. The van der Waals surface area contributed by atoms with E-state index >= 15 is 0 Å². The van der Waals surface area contributed by atoms with Crippen molar-refractivity contribution >= 4 is 17.9 Å². The largest absolute Gasteiger partial charge is 0.480 e. The van der Waals surface area contributed by atoms with Gasteiger partial charge in [-0.3, -0.25) is 4.79 Å². The van der Waals surface area contributed by atoms with Gasteiger partial charge in [0.1, 0.15) is 6.04 Å². The average molecular weight is 271 g/mol. The van der Waals surface area contributed by atoms with E-state index in [0.29, 0.717) is 32.5 Å². The van der Waals surface area contributed by atoms with Crippen LogP contribution in [0.15, 0.2) is 0 Å². The number of likely N-dealkylation sites (tertiary alicyclic amines) is 1. The van der Waals surface area contributed by atoms with Crippen molar-refractivity contribution in [2.24, 2.45) is 0 Å². The number of carbonyl (C=O) groups is 3. The minimum atomic E-state index is -0.997. The monoisotopic (exact) mass is 271 g/mol. The number of hydrogen-bond donors (Lipinski definition) is 2. The molecule has 1 heterocycles. The molecule has 0 radical (unpaired) electrons. The van der Waals surface area contributed by atoms with Gasteiger partial charge in [0, 0.05) is 19.6 Å². The van der Waals surface area contributed by atoms with E-state index in [2.05, 4.69) is 5.32 Å². The number of carboxylic acid groups (broad SMARTS) is 1. The topological polar surface area (TPSA) is 90.0 Å². The van der Waals surface area contributed by atoms with Crippen molar-refractivity contribution in [2.45, 2.75) is 32.7 Å². The van der Waals surface area contributed by atoms with E-state index in [0.717, 1.165) is 0 Å². The van der Waals surface area contributed by atoms with Crippen LogP contribution in [-0.2, 0) is 9.59 Å². The number of rotatable bonds is 5. The van der Waals surface area contributed by atoms with Gasteiger partial charge < -0.3 is 20.2 Å². The van der Waals surface area contributed by atoms with Crippen molar-refractivity contribution in [3.05, 3.63) is 0 Å². The summed E-state index contributed by atoms with van der Waals surface area (Å²) in [6, 6.07) is -1.26. The lowest BCUT2D eigenvalue weighted by Gasteiger charge is -2.23. The lowest BCUT2D eigenvalue weighted by Crippen LogP contribution is -2.49. The summed E-state index contributed by atoms with van der Waals surface area (Å²) in [5, 5.41) is 11.5. The molecule has 7 heteroatoms. The van der Waals surface area contributed by atoms with Crippen LogP contribution in [0.25, 0.3) is 0 Å². The average Bonchev–Trinajstić information content (AvgIpc) is 2.86. The molecule has 0 bridgehead atoms. The molecule has 19 heavy (non-hydrogen) atoms. The van der Waals surface area contributed by atoms with Gasteiger partial charge in [0.25, 0.3) is 0 Å². The highest BCUT2D eigenvalue weighted by Crippen LogP contribution is 2.17. The molecule has 0 aromatic carbocycles. The Morgan fingerprint density at radius 2 is 1.95 bits per heavy atom. The third-order valence-corrected chi connectivity index (χ3v) is 3.31. The SMILES string of the molecule is CCN(CC)C(=O)CNC(=O)N1CCC[C@H]1C(=O)O. The summed E-state index contributed by atoms with van der Waals surface area (Å²) in [6.45, 7) is 5.24. The summed E-state index contributed by atoms with van der Waals surface area (Å²) < 4.78 is 0. The van der Waals surface area contributed by atoms with E-state index in [1.54, 1.807) is 4.90 Å². The highest BCUT2D eigenvalue weighted by Gasteiger charge is 2.34. The van der Waals surface area contributed by atoms with Crippen LogP contribution in [-0.4, -0.2) is 65.0 Å². The number of nitrogens with one attached hydrogen (secondary N) is 1. The van der Waals surface area contributed by atoms with Gasteiger partial charge in [-0.25, -0.2) is 9.59 Å². The molecule has 3 amide bonds. The van der Waals surface area contributed by atoms with Crippen LogP contribution in [0.2, 0.25) is 0 Å². The van der Waals surface area contributed by atoms with Gasteiger partial charge in [0.05, 0.1) is 6.54 Å². The van der Waals surface area contributed by atoms with Crippen molar-refractivity contribution in [1.29, 1.82) is 0 Å². The number of hydrogen-bond acceptors (Lipinski definition) is 3. The maximum absolute atomic E-state index is 11.8. The predicted octanol–water partition coefficient (Wildman–Crippen LogP) is 0.113. The molecule has 0 aliphatic carbocycles. The summed E-state index contributed by atoms with van der Waals surface area (Å²) in [4.78, 5) is 37.4. The molecule has 1 aliphatic heterocycles. The zero-order valence-corrected chi connectivity index (χ0v) is 11.4. The summed E-state index contributed by atoms with van der Waals surface area (Å²) >= 11 is 0. The molecule has 7 nitrogen and oxygen atoms in total. The fourth-order valence-corrected chi connectivity index (χ4v) is 2.21. The first-order valence-electron chi connectivity index (χ1n) is 6.56. The zero-order chi connectivity index (χ0) is 14.4. The van der Waals surface area contributed by atoms with Crippen LogP contribution >= 0.6 is 0 Å². The maximum atomic E-state index is 11.8. The Kier molecular flexibility index (Phi) is 5.59. The lowest BCUT2D eigenvalue weighted by atomic mass is 10.2. The third kappa shape index (κ3) is 3.84. The fourth-order valence-electron chi connectivity index (χ4n) is 2.21. The van der Waals surface area contributed by atoms with Crippen LogP contribution in [0.4, 0.5) is 4.79 Å². The predicted molar refractivity (Wildman–Crippen MR) is 68.7 cm³/mol. The van der Waals surface area contributed by atoms with Crippen molar-refractivity contribution in [3.8, 4) is 0 Å². The molecule has 2 N–H and O–H groups in total. The van der Waals surface area contributed by atoms with Crippen LogP contribution in [0.3, 0.4) is 0 Å². The molecule has 0 spiro atoms. The molecular formula is C12H21N3O4. The normalized spacial score (nSPS) is 18.2. The van der Waals surface area contributed by atoms with Gasteiger partial charge in [-0.2, -0.15) is 0 Å². The lowest BCUT2D eigenvalue weighted by molar-refractivity contribution is -0.141. The Hall–Kier alpha value is -1.79. The summed E-state index contributed by atoms with van der Waals surface area (Å²) in [5.74, 6) is -1.16. The van der Waals surface area contributed by atoms with Gasteiger partial charge in [-0.05, 0) is 26.7 Å². The quantitative estimate of drug-likeness (QED) is 0.743. The number of carboxylic acids is 1. The first-order chi connectivity index (χ1) is 9.01. The highest BCUT2D eigenvalue weighted by atomic mass is 16.4. The Morgan fingerprint density at radius 3 is 2.47 bits per heavy atom. The number of amides is 3. The van der Waals surface area contributed by atoms with Gasteiger partial charge >= 0.3 is 12.0 Å². The molecule has 0 aromatic rings. The molecular weight excluding hydrogens is 250 g/mol. The van der Waals surface area contributed by atoms with Crippen LogP contribution < -0.4 is 5.32 Å². The van der Waals surface area contributed by atoms with Gasteiger partial charge in [0.15, 0.2) is 0 Å². The van der Waals surface area contributed by atoms with Gasteiger partial charge in [-0.15, -0.1) is 0 Å². The molecule has 1 fully saturated rings. The summed E-state index contributed by atoms with van der Waals surface area (Å²) in [7, 11) is 0. The smallest absolute Gasteiger partial charge is 0.326 e. The number of urea groups is 1. The Balaban J connectivity index is 2.47. The minimum Gasteiger partial charge on any atom is -0.480 e. The number of nitrogens with zero attached hydrogens (tertiary/aromatic N) is 2. The fraction of sp³-hybridized carbons (Fsp3) is 0.750. The molecule has 1 atom stereocenters. The Bertz CT molecular complexity index is 355. The molecule has 0 unspecified atom stereocenters. The number of carbonyl (C=O) groups excluding carboxylic acids is 2. The van der Waals surface area contributed by atoms with Crippen molar-refractivity contribution < 1.29 is 19.5 Å². The molecule has 1 rings (SSSR count). The van der Waals surface area contributed by atoms with Crippen molar-refractivity contribution in [3.63, 3.8) is 0 Å². The Labute approximate surface area is 112 Å². The van der Waals surface area contributed by atoms with Crippen LogP contribution in [0.5, 0.6) is 0 Å². The van der Waals surface area contributed by atoms with Gasteiger partial charge in [0.2, 0.25) is 5.91 Å². The second-order valence-corrected chi connectivity index (χ2v) is 4.41. The summed E-state index contributed by atoms with van der Waals surface area (Å²) in [6.07, 6.45) is 1.14. The first kappa shape index (κ1) is 15.3. The number of likely N-dealkylation sites (N-methyl/N-ethyl adjacent to an activating group) is 1. The maximum Gasteiger partial charge on any atom is 0.326 e. The van der Waals surface area contributed by atoms with E-state index in [1.807, 2.05) is 13.8 Å². The standard InChI is InChI=1S/C12H21N3O4/c1-3-14(4-2)10(16)8-13-12(19)15-7-5-6-9(15)11(17)18/h9H,3-8H2,1-2H3,(H,13,19)(H,17,18)/t9-/m0/s1. The van der Waals surface area contributed by atoms with Crippen LogP contribution in [0.1, 0.15) is 26.7 Å². The van der Waals surface area contributed by atoms with E-state index in [-0.39, 0.29) is 12.5 Å². The molecule has 0 aromatic heterocycles. The van der Waals surface area contributed by atoms with E-state index in [1.165, 1.54) is 4.90 Å². The molecule has 0 saturated carbocycles. The first-order valence-corrected chi connectivity index (χ1v) is 6.56. The van der Waals surface area contributed by atoms with Crippen molar-refractivity contribution in [2.75, 3.05) is 26.2 Å². The van der Waals surface area contributed by atoms with Gasteiger partial charge in [-0.1, -0.05) is 0 Å². The number of aliphatic carboxylic acids is 1.